The van der Waals surface area contributed by atoms with Crippen LogP contribution in [0.5, 0.6) is 5.75 Å². The number of hydrogen-bond donors (Lipinski definition) is 1. The Kier molecular flexibility index (Phi) is 6.82. The molecule has 30 heavy (non-hydrogen) atoms. The van der Waals surface area contributed by atoms with E-state index in [9.17, 15) is 9.18 Å². The molecule has 152 valence electrons. The fourth-order valence-electron chi connectivity index (χ4n) is 2.91. The van der Waals surface area contributed by atoms with Gasteiger partial charge in [0.15, 0.2) is 5.13 Å². The summed E-state index contributed by atoms with van der Waals surface area (Å²) in [6, 6.07) is 23.3. The minimum atomic E-state index is -0.569. The maximum absolute atomic E-state index is 13.9. The third-order valence-corrected chi connectivity index (χ3v) is 5.39. The van der Waals surface area contributed by atoms with Crippen LogP contribution in [0.25, 0.3) is 21.7 Å². The summed E-state index contributed by atoms with van der Waals surface area (Å²) in [5, 5.41) is 3.13. The Bertz CT molecular complexity index is 1150. The van der Waals surface area contributed by atoms with Gasteiger partial charge < -0.3 is 4.74 Å². The second-order valence-corrected chi connectivity index (χ2v) is 7.22. The fraction of sp³-hybridized carbons (Fsp3) is 0.0435. The van der Waals surface area contributed by atoms with E-state index in [1.165, 1.54) is 23.5 Å². The second-order valence-electron chi connectivity index (χ2n) is 6.23. The molecule has 0 saturated heterocycles. The Morgan fingerprint density at radius 2 is 1.60 bits per heavy atom. The monoisotopic (exact) mass is 440 g/mol. The van der Waals surface area contributed by atoms with Gasteiger partial charge in [0.05, 0.1) is 23.2 Å². The van der Waals surface area contributed by atoms with Crippen molar-refractivity contribution in [1.82, 2.24) is 4.98 Å². The Morgan fingerprint density at radius 3 is 2.27 bits per heavy atom. The third kappa shape index (κ3) is 4.50. The lowest BCUT2D eigenvalue weighted by Gasteiger charge is -2.04. The minimum Gasteiger partial charge on any atom is -0.497 e. The Morgan fingerprint density at radius 1 is 0.933 bits per heavy atom. The highest BCUT2D eigenvalue weighted by Gasteiger charge is 2.18. The van der Waals surface area contributed by atoms with Gasteiger partial charge in [-0.05, 0) is 42.0 Å². The quantitative estimate of drug-likeness (QED) is 0.396. The van der Waals surface area contributed by atoms with E-state index in [-0.39, 0.29) is 18.0 Å². The summed E-state index contributed by atoms with van der Waals surface area (Å²) in [6.45, 7) is 0. The van der Waals surface area contributed by atoms with E-state index in [2.05, 4.69) is 10.3 Å². The van der Waals surface area contributed by atoms with Gasteiger partial charge in [-0.15, -0.1) is 12.4 Å². The molecule has 0 fully saturated rings. The molecule has 0 spiro atoms. The zero-order valence-corrected chi connectivity index (χ0v) is 17.6. The molecule has 4 nitrogen and oxygen atoms in total. The number of carbonyl (C=O) groups is 1. The number of nitrogens with zero attached hydrogens (tertiary/aromatic N) is 1. The van der Waals surface area contributed by atoms with E-state index in [4.69, 9.17) is 4.74 Å². The normalized spacial score (nSPS) is 10.2. The van der Waals surface area contributed by atoms with Crippen LogP contribution in [-0.2, 0) is 0 Å². The molecule has 0 radical (unpaired) electrons. The lowest BCUT2D eigenvalue weighted by atomic mass is 10.1. The Hall–Kier alpha value is -3.22. The van der Waals surface area contributed by atoms with Crippen LogP contribution in [0.2, 0.25) is 0 Å². The summed E-state index contributed by atoms with van der Waals surface area (Å²) < 4.78 is 19.2. The first-order valence-corrected chi connectivity index (χ1v) is 9.74. The van der Waals surface area contributed by atoms with Crippen molar-refractivity contribution in [3.63, 3.8) is 0 Å². The molecule has 1 amide bonds. The molecule has 7 heteroatoms. The van der Waals surface area contributed by atoms with Gasteiger partial charge >= 0.3 is 0 Å². The third-order valence-electron chi connectivity index (χ3n) is 4.37. The predicted molar refractivity (Wildman–Crippen MR) is 121 cm³/mol. The summed E-state index contributed by atoms with van der Waals surface area (Å²) in [7, 11) is 1.61. The number of amides is 1. The molecule has 0 bridgehead atoms. The first-order valence-electron chi connectivity index (χ1n) is 8.92. The average molecular weight is 441 g/mol. The maximum Gasteiger partial charge on any atom is 0.260 e. The molecule has 3 aromatic carbocycles. The smallest absolute Gasteiger partial charge is 0.260 e. The van der Waals surface area contributed by atoms with Crippen LogP contribution in [0.4, 0.5) is 9.52 Å². The van der Waals surface area contributed by atoms with Crippen LogP contribution in [0.15, 0.2) is 78.9 Å². The van der Waals surface area contributed by atoms with E-state index < -0.39 is 11.7 Å². The van der Waals surface area contributed by atoms with Crippen molar-refractivity contribution in [3.8, 4) is 27.4 Å². The van der Waals surface area contributed by atoms with Crippen LogP contribution in [0.1, 0.15) is 10.4 Å². The number of halogens is 2. The van der Waals surface area contributed by atoms with Crippen molar-refractivity contribution < 1.29 is 13.9 Å². The Labute approximate surface area is 183 Å². The minimum absolute atomic E-state index is 0. The number of benzene rings is 3. The first-order chi connectivity index (χ1) is 14.2. The lowest BCUT2D eigenvalue weighted by Crippen LogP contribution is -2.13. The van der Waals surface area contributed by atoms with Gasteiger partial charge in [0.1, 0.15) is 11.6 Å². The largest absolute Gasteiger partial charge is 0.497 e. The summed E-state index contributed by atoms with van der Waals surface area (Å²) in [5.41, 5.74) is 2.61. The van der Waals surface area contributed by atoms with E-state index in [0.717, 1.165) is 27.4 Å². The summed E-state index contributed by atoms with van der Waals surface area (Å²) >= 11 is 1.35. The van der Waals surface area contributed by atoms with Gasteiger partial charge in [0.2, 0.25) is 0 Å². The van der Waals surface area contributed by atoms with Crippen LogP contribution in [0, 0.1) is 5.82 Å². The van der Waals surface area contributed by atoms with Gasteiger partial charge in [-0.1, -0.05) is 53.8 Å². The number of ether oxygens (including phenoxy) is 1. The number of thiazole rings is 1. The van der Waals surface area contributed by atoms with E-state index in [1.54, 1.807) is 19.2 Å². The highest BCUT2D eigenvalue weighted by atomic mass is 35.5. The topological polar surface area (TPSA) is 51.2 Å². The maximum atomic E-state index is 13.9. The van der Waals surface area contributed by atoms with Gasteiger partial charge in [-0.25, -0.2) is 9.37 Å². The van der Waals surface area contributed by atoms with Gasteiger partial charge in [0.25, 0.3) is 5.91 Å². The molecule has 4 rings (SSSR count). The fourth-order valence-corrected chi connectivity index (χ4v) is 3.90. The van der Waals surface area contributed by atoms with Crippen molar-refractivity contribution in [1.29, 1.82) is 0 Å². The standard InChI is InChI=1S/C23H17FN2O2S.ClH/c1-28-17-13-11-15(12-14-17)20-21(16-7-3-2-4-8-16)29-23(25-20)26-22(27)18-9-5-6-10-19(18)24;/h2-14H,1H3,(H,25,26,27);1H. The molecule has 1 heterocycles. The Balaban J connectivity index is 0.00000256. The molecular formula is C23H18ClFN2O2S. The molecule has 0 atom stereocenters. The van der Waals surface area contributed by atoms with Crippen molar-refractivity contribution in [2.24, 2.45) is 0 Å². The zero-order chi connectivity index (χ0) is 20.2. The van der Waals surface area contributed by atoms with Crippen LogP contribution < -0.4 is 10.1 Å². The molecule has 0 aliphatic rings. The van der Waals surface area contributed by atoms with Crippen LogP contribution in [-0.4, -0.2) is 18.0 Å². The predicted octanol–water partition coefficient (Wildman–Crippen LogP) is 6.30. The molecular weight excluding hydrogens is 423 g/mol. The van der Waals surface area contributed by atoms with Crippen LogP contribution in [0.3, 0.4) is 0 Å². The number of carbonyl (C=O) groups excluding carboxylic acids is 1. The number of aromatic nitrogens is 1. The summed E-state index contributed by atoms with van der Waals surface area (Å²) in [5.74, 6) is -0.351. The van der Waals surface area contributed by atoms with Gasteiger partial charge in [-0.3, -0.25) is 10.1 Å². The zero-order valence-electron chi connectivity index (χ0n) is 16.0. The first kappa shape index (κ1) is 21.5. The number of nitrogens with one attached hydrogen (secondary N) is 1. The molecule has 4 aromatic rings. The number of rotatable bonds is 5. The van der Waals surface area contributed by atoms with Crippen molar-refractivity contribution in [2.45, 2.75) is 0 Å². The molecule has 1 N–H and O–H groups in total. The number of hydrogen-bond acceptors (Lipinski definition) is 4. The highest BCUT2D eigenvalue weighted by molar-refractivity contribution is 7.19. The SMILES string of the molecule is COc1ccc(-c2nc(NC(=O)c3ccccc3F)sc2-c2ccccc2)cc1.Cl. The summed E-state index contributed by atoms with van der Waals surface area (Å²) in [6.07, 6.45) is 0. The number of methoxy groups -OCH3 is 1. The summed E-state index contributed by atoms with van der Waals surface area (Å²) in [4.78, 5) is 18.1. The highest BCUT2D eigenvalue weighted by Crippen LogP contribution is 2.39. The van der Waals surface area contributed by atoms with Crippen molar-refractivity contribution >= 4 is 34.8 Å². The second kappa shape index (κ2) is 9.52. The van der Waals surface area contributed by atoms with E-state index in [1.807, 2.05) is 54.6 Å². The number of anilines is 1. The van der Waals surface area contributed by atoms with E-state index >= 15 is 0 Å². The molecule has 0 unspecified atom stereocenters. The lowest BCUT2D eigenvalue weighted by molar-refractivity contribution is 0.102. The average Bonchev–Trinajstić information content (AvgIpc) is 3.18. The van der Waals surface area contributed by atoms with Gasteiger partial charge in [0, 0.05) is 5.56 Å². The molecule has 0 aliphatic heterocycles. The van der Waals surface area contributed by atoms with Crippen molar-refractivity contribution in [2.75, 3.05) is 12.4 Å². The van der Waals surface area contributed by atoms with E-state index in [0.29, 0.717) is 5.13 Å². The van der Waals surface area contributed by atoms with Crippen molar-refractivity contribution in [3.05, 3.63) is 90.2 Å². The van der Waals surface area contributed by atoms with Crippen LogP contribution >= 0.6 is 23.7 Å². The molecule has 0 saturated carbocycles. The molecule has 0 aliphatic carbocycles. The molecule has 1 aromatic heterocycles. The van der Waals surface area contributed by atoms with Gasteiger partial charge in [-0.2, -0.15) is 0 Å².